The van der Waals surface area contributed by atoms with Gasteiger partial charge in [0.1, 0.15) is 11.8 Å². The number of benzene rings is 1. The quantitative estimate of drug-likeness (QED) is 0.640. The topological polar surface area (TPSA) is 108 Å². The zero-order chi connectivity index (χ0) is 16.1. The average molecular weight is 305 g/mol. The first kappa shape index (κ1) is 13.4. The molecule has 3 heterocycles. The summed E-state index contributed by atoms with van der Waals surface area (Å²) in [5, 5.41) is 12.3. The molecule has 1 aliphatic rings. The van der Waals surface area contributed by atoms with Crippen LogP contribution in [0.1, 0.15) is 28.7 Å². The Morgan fingerprint density at radius 1 is 1.30 bits per heavy atom. The Hall–Kier alpha value is -3.27. The number of nitriles is 1. The summed E-state index contributed by atoms with van der Waals surface area (Å²) in [6.07, 6.45) is -0.350. The maximum absolute atomic E-state index is 9.26. The van der Waals surface area contributed by atoms with E-state index >= 15 is 0 Å². The molecule has 0 saturated carbocycles. The summed E-state index contributed by atoms with van der Waals surface area (Å²) in [5.74, 6) is 0.971. The maximum Gasteiger partial charge on any atom is 0.212 e. The number of hydrogen-bond donors (Lipinski definition) is 3. The lowest BCUT2D eigenvalue weighted by Crippen LogP contribution is -2.31. The van der Waals surface area contributed by atoms with Crippen LogP contribution in [0.2, 0.25) is 0 Å². The van der Waals surface area contributed by atoms with Gasteiger partial charge < -0.3 is 10.7 Å². The Morgan fingerprint density at radius 2 is 2.09 bits per heavy atom. The van der Waals surface area contributed by atoms with Crippen LogP contribution >= 0.6 is 0 Å². The van der Waals surface area contributed by atoms with E-state index in [2.05, 4.69) is 26.3 Å². The molecule has 1 aromatic carbocycles. The van der Waals surface area contributed by atoms with Gasteiger partial charge >= 0.3 is 0 Å². The van der Waals surface area contributed by atoms with E-state index in [0.29, 0.717) is 17.6 Å². The largest absolute Gasteiger partial charge is 0.370 e. The highest BCUT2D eigenvalue weighted by Gasteiger charge is 2.29. The number of H-pyrrole nitrogens is 1. The number of rotatable bonds is 1. The summed E-state index contributed by atoms with van der Waals surface area (Å²) < 4.78 is 2.01. The lowest BCUT2D eigenvalue weighted by molar-refractivity contribution is 0.620. The fourth-order valence-corrected chi connectivity index (χ4v) is 3.17. The molecule has 7 nitrogen and oxygen atoms in total. The van der Waals surface area contributed by atoms with Gasteiger partial charge in [0.25, 0.3) is 0 Å². The Kier molecular flexibility index (Phi) is 2.69. The molecule has 1 unspecified atom stereocenters. The van der Waals surface area contributed by atoms with Crippen molar-refractivity contribution in [2.75, 3.05) is 5.32 Å². The lowest BCUT2D eigenvalue weighted by atomic mass is 10.1. The molecule has 0 saturated heterocycles. The second-order valence-corrected chi connectivity index (χ2v) is 5.58. The van der Waals surface area contributed by atoms with Gasteiger partial charge in [-0.15, -0.1) is 0 Å². The van der Waals surface area contributed by atoms with Crippen LogP contribution in [0, 0.1) is 25.2 Å². The highest BCUT2D eigenvalue weighted by Crippen LogP contribution is 2.35. The molecule has 0 radical (unpaired) electrons. The molecule has 1 atom stereocenters. The van der Waals surface area contributed by atoms with Gasteiger partial charge in [-0.2, -0.15) is 5.26 Å². The molecular weight excluding hydrogens is 290 g/mol. The van der Waals surface area contributed by atoms with Crippen LogP contribution in [0.5, 0.6) is 0 Å². The third-order valence-electron chi connectivity index (χ3n) is 4.21. The van der Waals surface area contributed by atoms with Crippen LogP contribution in [0.4, 0.5) is 5.95 Å². The number of para-hydroxylation sites is 2. The molecule has 23 heavy (non-hydrogen) atoms. The minimum atomic E-state index is -0.350. The normalized spacial score (nSPS) is 16.6. The van der Waals surface area contributed by atoms with Crippen LogP contribution in [0.15, 0.2) is 29.3 Å². The highest BCUT2D eigenvalue weighted by molar-refractivity contribution is 5.94. The van der Waals surface area contributed by atoms with E-state index in [-0.39, 0.29) is 6.17 Å². The van der Waals surface area contributed by atoms with Crippen LogP contribution < -0.4 is 11.1 Å². The molecule has 1 aliphatic heterocycles. The zero-order valence-electron chi connectivity index (χ0n) is 12.8. The van der Waals surface area contributed by atoms with E-state index in [9.17, 15) is 5.26 Å². The fourth-order valence-electron chi connectivity index (χ4n) is 3.17. The average Bonchev–Trinajstić information content (AvgIpc) is 3.03. The van der Waals surface area contributed by atoms with Gasteiger partial charge in [0.05, 0.1) is 11.0 Å². The summed E-state index contributed by atoms with van der Waals surface area (Å²) in [6.45, 7) is 3.86. The van der Waals surface area contributed by atoms with E-state index in [0.717, 1.165) is 27.9 Å². The van der Waals surface area contributed by atoms with Gasteiger partial charge in [0.2, 0.25) is 5.95 Å². The van der Waals surface area contributed by atoms with Crippen molar-refractivity contribution in [3.05, 3.63) is 46.8 Å². The summed E-state index contributed by atoms with van der Waals surface area (Å²) in [4.78, 5) is 12.3. The molecule has 114 valence electrons. The number of imidazole rings is 1. The van der Waals surface area contributed by atoms with Crippen LogP contribution in [-0.2, 0) is 0 Å². The van der Waals surface area contributed by atoms with Crippen LogP contribution in [0.3, 0.4) is 0 Å². The first-order valence-electron chi connectivity index (χ1n) is 7.26. The van der Waals surface area contributed by atoms with Gasteiger partial charge in [-0.1, -0.05) is 12.1 Å². The number of anilines is 1. The zero-order valence-corrected chi connectivity index (χ0v) is 12.8. The van der Waals surface area contributed by atoms with Crippen molar-refractivity contribution in [3.63, 3.8) is 0 Å². The predicted octanol–water partition coefficient (Wildman–Crippen LogP) is 2.14. The maximum atomic E-state index is 9.26. The second kappa shape index (κ2) is 4.61. The Labute approximate surface area is 132 Å². The third-order valence-corrected chi connectivity index (χ3v) is 4.21. The van der Waals surface area contributed by atoms with Crippen molar-refractivity contribution >= 4 is 22.9 Å². The molecule has 0 fully saturated rings. The molecule has 0 aliphatic carbocycles. The number of fused-ring (bicyclic) bond motifs is 3. The van der Waals surface area contributed by atoms with Gasteiger partial charge in [-0.05, 0) is 31.5 Å². The summed E-state index contributed by atoms with van der Waals surface area (Å²) in [7, 11) is 0. The molecule has 3 aromatic rings. The smallest absolute Gasteiger partial charge is 0.212 e. The van der Waals surface area contributed by atoms with E-state index < -0.39 is 0 Å². The predicted molar refractivity (Wildman–Crippen MR) is 88.1 cm³/mol. The van der Waals surface area contributed by atoms with Crippen molar-refractivity contribution in [1.29, 1.82) is 5.26 Å². The van der Waals surface area contributed by atoms with Crippen molar-refractivity contribution in [3.8, 4) is 6.07 Å². The molecule has 0 spiro atoms. The number of aromatic nitrogens is 3. The van der Waals surface area contributed by atoms with Gasteiger partial charge in [-0.25, -0.2) is 9.98 Å². The number of guanidine groups is 1. The van der Waals surface area contributed by atoms with Gasteiger partial charge in [-0.3, -0.25) is 9.88 Å². The highest BCUT2D eigenvalue weighted by atomic mass is 15.4. The Morgan fingerprint density at radius 3 is 2.83 bits per heavy atom. The van der Waals surface area contributed by atoms with E-state index in [1.165, 1.54) is 0 Å². The van der Waals surface area contributed by atoms with Crippen LogP contribution in [-0.4, -0.2) is 20.5 Å². The SMILES string of the molecule is Cc1[nH]c(C#N)c(C)c1C1N=C(N)Nc2nc3ccccc3n21. The number of nitrogens with zero attached hydrogens (tertiary/aromatic N) is 4. The van der Waals surface area contributed by atoms with Crippen molar-refractivity contribution in [2.24, 2.45) is 10.7 Å². The minimum Gasteiger partial charge on any atom is -0.370 e. The number of nitrogens with one attached hydrogen (secondary N) is 2. The van der Waals surface area contributed by atoms with Gasteiger partial charge in [0.15, 0.2) is 12.1 Å². The standard InChI is InChI=1S/C16H15N7/c1-8-11(7-17)19-9(2)13(8)14-21-15(18)22-16-20-10-5-3-4-6-12(10)23(14)16/h3-6,14,19H,1-2H3,(H3,18,20,21,22). The monoisotopic (exact) mass is 305 g/mol. The molecule has 4 rings (SSSR count). The fraction of sp³-hybridized carbons (Fsp3) is 0.188. The van der Waals surface area contributed by atoms with Gasteiger partial charge in [0, 0.05) is 11.3 Å². The number of nitrogens with two attached hydrogens (primary N) is 1. The van der Waals surface area contributed by atoms with E-state index in [1.807, 2.05) is 42.7 Å². The first-order chi connectivity index (χ1) is 11.1. The Bertz CT molecular complexity index is 1000. The second-order valence-electron chi connectivity index (χ2n) is 5.58. The van der Waals surface area contributed by atoms with E-state index in [4.69, 9.17) is 5.73 Å². The molecule has 7 heteroatoms. The molecule has 4 N–H and O–H groups in total. The number of aromatic amines is 1. The minimum absolute atomic E-state index is 0.316. The van der Waals surface area contributed by atoms with Crippen molar-refractivity contribution in [1.82, 2.24) is 14.5 Å². The molecule has 0 amide bonds. The Balaban J connectivity index is 2.02. The van der Waals surface area contributed by atoms with Crippen molar-refractivity contribution < 1.29 is 0 Å². The van der Waals surface area contributed by atoms with Crippen molar-refractivity contribution in [2.45, 2.75) is 20.0 Å². The number of hydrogen-bond acceptors (Lipinski definition) is 5. The molecule has 2 aromatic heterocycles. The third kappa shape index (κ3) is 1.82. The van der Waals surface area contributed by atoms with E-state index in [1.54, 1.807) is 0 Å². The summed E-state index contributed by atoms with van der Waals surface area (Å²) >= 11 is 0. The molecular formula is C16H15N7. The number of aryl methyl sites for hydroxylation is 1. The molecule has 0 bridgehead atoms. The summed E-state index contributed by atoms with van der Waals surface area (Å²) in [5.41, 5.74) is 11.1. The number of aliphatic imine (C=N–C) groups is 1. The summed E-state index contributed by atoms with van der Waals surface area (Å²) in [6, 6.07) is 10.0. The lowest BCUT2D eigenvalue weighted by Gasteiger charge is -2.24. The first-order valence-corrected chi connectivity index (χ1v) is 7.26. The van der Waals surface area contributed by atoms with Crippen LogP contribution in [0.25, 0.3) is 11.0 Å².